The molecule has 1 rings (SSSR count). The van der Waals surface area contributed by atoms with Crippen LogP contribution in [0.4, 0.5) is 0 Å². The van der Waals surface area contributed by atoms with Gasteiger partial charge in [0.15, 0.2) is 15.1 Å². The van der Waals surface area contributed by atoms with Gasteiger partial charge in [-0.05, 0) is 20.8 Å². The molecule has 0 saturated carbocycles. The van der Waals surface area contributed by atoms with Gasteiger partial charge in [-0.2, -0.15) is 0 Å². The van der Waals surface area contributed by atoms with E-state index in [1.165, 1.54) is 7.11 Å². The highest BCUT2D eigenvalue weighted by molar-refractivity contribution is 7.95. The Hall–Kier alpha value is -0.620. The van der Waals surface area contributed by atoms with Gasteiger partial charge in [0.2, 0.25) is 0 Å². The van der Waals surface area contributed by atoms with Crippen LogP contribution in [0.1, 0.15) is 20.8 Å². The first kappa shape index (κ1) is 12.4. The van der Waals surface area contributed by atoms with Crippen LogP contribution in [-0.2, 0) is 24.1 Å². The van der Waals surface area contributed by atoms with E-state index in [4.69, 9.17) is 9.47 Å². The minimum Gasteiger partial charge on any atom is -0.465 e. The van der Waals surface area contributed by atoms with Crippen LogP contribution < -0.4 is 0 Å². The van der Waals surface area contributed by atoms with E-state index in [9.17, 15) is 13.2 Å². The normalized spacial score (nSPS) is 31.7. The van der Waals surface area contributed by atoms with Crippen molar-refractivity contribution >= 4 is 15.8 Å². The number of hydrogen-bond acceptors (Lipinski definition) is 5. The van der Waals surface area contributed by atoms with E-state index in [0.29, 0.717) is 0 Å². The molecule has 0 bridgehead atoms. The molecular weight excluding hydrogens is 220 g/mol. The fraction of sp³-hybridized carbons (Fsp3) is 0.889. The molecule has 2 unspecified atom stereocenters. The van der Waals surface area contributed by atoms with E-state index in [1.807, 2.05) is 0 Å². The van der Waals surface area contributed by atoms with E-state index in [1.54, 1.807) is 20.8 Å². The molecule has 0 aromatic heterocycles. The highest BCUT2D eigenvalue weighted by Gasteiger charge is 2.66. The van der Waals surface area contributed by atoms with E-state index >= 15 is 0 Å². The van der Waals surface area contributed by atoms with Gasteiger partial charge in [-0.3, -0.25) is 4.79 Å². The number of ether oxygens (including phenoxy) is 2. The predicted octanol–water partition coefficient (Wildman–Crippen LogP) is 0.140. The standard InChI is InChI=1S/C9H16O5S/c1-5-14-8(10)6-7(13-4)9(2,3)15(6,11)12/h6-7H,5H2,1-4H3. The lowest BCUT2D eigenvalue weighted by atomic mass is 10.0. The number of methoxy groups -OCH3 is 1. The molecule has 0 aromatic carbocycles. The van der Waals surface area contributed by atoms with Crippen LogP contribution in [0.25, 0.3) is 0 Å². The first-order chi connectivity index (χ1) is 6.80. The maximum Gasteiger partial charge on any atom is 0.327 e. The van der Waals surface area contributed by atoms with Gasteiger partial charge in [0.25, 0.3) is 0 Å². The quantitative estimate of drug-likeness (QED) is 0.652. The molecule has 0 amide bonds. The van der Waals surface area contributed by atoms with Crippen LogP contribution in [0.5, 0.6) is 0 Å². The van der Waals surface area contributed by atoms with Crippen molar-refractivity contribution < 1.29 is 22.7 Å². The molecule has 0 aromatic rings. The van der Waals surface area contributed by atoms with Crippen molar-refractivity contribution in [1.29, 1.82) is 0 Å². The zero-order valence-electron chi connectivity index (χ0n) is 9.31. The molecule has 1 aliphatic heterocycles. The summed E-state index contributed by atoms with van der Waals surface area (Å²) in [5, 5.41) is -1.17. The Morgan fingerprint density at radius 2 is 1.93 bits per heavy atom. The lowest BCUT2D eigenvalue weighted by Crippen LogP contribution is -2.70. The second kappa shape index (κ2) is 3.75. The van der Waals surface area contributed by atoms with Gasteiger partial charge in [0.05, 0.1) is 11.4 Å². The van der Waals surface area contributed by atoms with Crippen molar-refractivity contribution in [2.24, 2.45) is 0 Å². The van der Waals surface area contributed by atoms with Gasteiger partial charge in [-0.15, -0.1) is 0 Å². The summed E-state index contributed by atoms with van der Waals surface area (Å²) < 4.78 is 32.3. The Morgan fingerprint density at radius 3 is 2.33 bits per heavy atom. The van der Waals surface area contributed by atoms with E-state index in [0.717, 1.165) is 0 Å². The monoisotopic (exact) mass is 236 g/mol. The fourth-order valence-electron chi connectivity index (χ4n) is 1.83. The highest BCUT2D eigenvalue weighted by Crippen LogP contribution is 2.42. The highest BCUT2D eigenvalue weighted by atomic mass is 32.2. The van der Waals surface area contributed by atoms with Gasteiger partial charge in [-0.25, -0.2) is 8.42 Å². The van der Waals surface area contributed by atoms with Crippen LogP contribution in [0, 0.1) is 0 Å². The average molecular weight is 236 g/mol. The van der Waals surface area contributed by atoms with Crippen LogP contribution >= 0.6 is 0 Å². The topological polar surface area (TPSA) is 69.7 Å². The number of esters is 1. The van der Waals surface area contributed by atoms with Gasteiger partial charge in [-0.1, -0.05) is 0 Å². The van der Waals surface area contributed by atoms with E-state index in [2.05, 4.69) is 0 Å². The summed E-state index contributed by atoms with van der Waals surface area (Å²) in [6.45, 7) is 4.90. The van der Waals surface area contributed by atoms with Gasteiger partial charge in [0.1, 0.15) is 6.10 Å². The van der Waals surface area contributed by atoms with Crippen LogP contribution in [0.3, 0.4) is 0 Å². The molecule has 5 nitrogen and oxygen atoms in total. The molecule has 88 valence electrons. The van der Waals surface area contributed by atoms with Crippen molar-refractivity contribution in [3.8, 4) is 0 Å². The maximum absolute atomic E-state index is 11.8. The van der Waals surface area contributed by atoms with Crippen molar-refractivity contribution in [1.82, 2.24) is 0 Å². The van der Waals surface area contributed by atoms with Crippen LogP contribution in [0.15, 0.2) is 0 Å². The Labute approximate surface area is 89.7 Å². The molecule has 0 spiro atoms. The van der Waals surface area contributed by atoms with Gasteiger partial charge in [0, 0.05) is 7.11 Å². The molecule has 2 atom stereocenters. The number of hydrogen-bond donors (Lipinski definition) is 0. The largest absolute Gasteiger partial charge is 0.465 e. The Bertz CT molecular complexity index is 357. The Morgan fingerprint density at radius 1 is 1.40 bits per heavy atom. The summed E-state index contributed by atoms with van der Waals surface area (Å²) in [4.78, 5) is 11.4. The lowest BCUT2D eigenvalue weighted by molar-refractivity contribution is -0.147. The smallest absolute Gasteiger partial charge is 0.327 e. The van der Waals surface area contributed by atoms with E-state index < -0.39 is 31.9 Å². The zero-order chi connectivity index (χ0) is 11.9. The fourth-order valence-corrected chi connectivity index (χ4v) is 3.91. The van der Waals surface area contributed by atoms with Crippen molar-refractivity contribution in [2.45, 2.75) is 36.9 Å². The minimum atomic E-state index is -3.48. The van der Waals surface area contributed by atoms with Crippen LogP contribution in [0.2, 0.25) is 0 Å². The van der Waals surface area contributed by atoms with Crippen molar-refractivity contribution in [3.63, 3.8) is 0 Å². The second-order valence-electron chi connectivity index (χ2n) is 3.98. The summed E-state index contributed by atoms with van der Waals surface area (Å²) in [7, 11) is -2.09. The summed E-state index contributed by atoms with van der Waals surface area (Å²) in [6, 6.07) is 0. The maximum atomic E-state index is 11.8. The minimum absolute atomic E-state index is 0.168. The third-order valence-electron chi connectivity index (χ3n) is 2.80. The molecule has 6 heteroatoms. The molecule has 0 radical (unpaired) electrons. The molecule has 0 N–H and O–H groups in total. The van der Waals surface area contributed by atoms with Crippen molar-refractivity contribution in [3.05, 3.63) is 0 Å². The average Bonchev–Trinajstić information content (AvgIpc) is 2.12. The van der Waals surface area contributed by atoms with E-state index in [-0.39, 0.29) is 6.61 Å². The van der Waals surface area contributed by atoms with Gasteiger partial charge >= 0.3 is 5.97 Å². The lowest BCUT2D eigenvalue weighted by Gasteiger charge is -2.47. The SMILES string of the molecule is CCOC(=O)C1C(OC)C(C)(C)S1(=O)=O. The first-order valence-electron chi connectivity index (χ1n) is 4.73. The first-order valence-corrected chi connectivity index (χ1v) is 6.28. The summed E-state index contributed by atoms with van der Waals surface area (Å²) in [5.74, 6) is -0.719. The number of rotatable bonds is 3. The molecule has 1 heterocycles. The summed E-state index contributed by atoms with van der Waals surface area (Å²) in [6.07, 6.45) is -0.624. The summed E-state index contributed by atoms with van der Waals surface area (Å²) in [5.41, 5.74) is 0. The second-order valence-corrected chi connectivity index (χ2v) is 6.63. The third-order valence-corrected chi connectivity index (χ3v) is 5.61. The zero-order valence-corrected chi connectivity index (χ0v) is 10.1. The molecule has 1 saturated heterocycles. The summed E-state index contributed by atoms with van der Waals surface area (Å²) >= 11 is 0. The molecule has 0 aliphatic carbocycles. The predicted molar refractivity (Wildman–Crippen MR) is 54.2 cm³/mol. The molecule has 1 aliphatic rings. The molecule has 1 fully saturated rings. The van der Waals surface area contributed by atoms with Crippen LogP contribution in [-0.4, -0.2) is 44.2 Å². The number of carbonyl (C=O) groups is 1. The Balaban J connectivity index is 2.97. The third kappa shape index (κ3) is 1.56. The molecule has 15 heavy (non-hydrogen) atoms. The van der Waals surface area contributed by atoms with Gasteiger partial charge < -0.3 is 9.47 Å². The number of sulfone groups is 1. The Kier molecular flexibility index (Phi) is 3.11. The molecular formula is C9H16O5S. The van der Waals surface area contributed by atoms with Crippen molar-refractivity contribution in [2.75, 3.05) is 13.7 Å². The number of carbonyl (C=O) groups excluding carboxylic acids is 1.